The zero-order valence-electron chi connectivity index (χ0n) is 30.8. The molecule has 57 heavy (non-hydrogen) atoms. The van der Waals surface area contributed by atoms with Crippen LogP contribution in [0.3, 0.4) is 0 Å². The fourth-order valence-electron chi connectivity index (χ4n) is 9.07. The molecule has 0 amide bonds. The Hall–Kier alpha value is -7.08. The zero-order valence-corrected chi connectivity index (χ0v) is 31.6. The van der Waals surface area contributed by atoms with Crippen LogP contribution in [-0.2, 0) is 0 Å². The largest absolute Gasteiger partial charge is 0.358 e. The van der Waals surface area contributed by atoms with E-state index < -0.39 is 0 Å². The molecule has 2 aliphatic rings. The minimum Gasteiger partial charge on any atom is -0.358 e. The van der Waals surface area contributed by atoms with Gasteiger partial charge in [0.25, 0.3) is 0 Å². The molecular formula is C52H34N4S. The molecule has 1 unspecified atom stereocenters. The highest BCUT2D eigenvalue weighted by Gasteiger charge is 2.35. The summed E-state index contributed by atoms with van der Waals surface area (Å²) in [5, 5.41) is 8.83. The molecule has 0 bridgehead atoms. The van der Waals surface area contributed by atoms with Crippen LogP contribution >= 0.6 is 11.8 Å². The van der Waals surface area contributed by atoms with Crippen LogP contribution in [-0.4, -0.2) is 15.0 Å². The minimum absolute atomic E-state index is 0.0455. The van der Waals surface area contributed by atoms with E-state index in [9.17, 15) is 0 Å². The van der Waals surface area contributed by atoms with Crippen LogP contribution in [0.1, 0.15) is 22.7 Å². The van der Waals surface area contributed by atoms with Crippen LogP contribution in [0.2, 0.25) is 0 Å². The van der Waals surface area contributed by atoms with Gasteiger partial charge in [0.2, 0.25) is 0 Å². The highest BCUT2D eigenvalue weighted by Crippen LogP contribution is 2.52. The first kappa shape index (κ1) is 32.2. The number of benzene rings is 8. The summed E-state index contributed by atoms with van der Waals surface area (Å²) in [6.45, 7) is 0. The Morgan fingerprint density at radius 2 is 1.07 bits per heavy atom. The summed E-state index contributed by atoms with van der Waals surface area (Å²) >= 11 is 1.83. The van der Waals surface area contributed by atoms with E-state index in [0.717, 1.165) is 39.6 Å². The number of thioether (sulfide) groups is 1. The quantitative estimate of drug-likeness (QED) is 0.190. The molecule has 2 aliphatic heterocycles. The van der Waals surface area contributed by atoms with Crippen LogP contribution in [0.25, 0.3) is 71.8 Å². The van der Waals surface area contributed by atoms with Gasteiger partial charge in [0.1, 0.15) is 5.84 Å². The number of amidine groups is 1. The molecular weight excluding hydrogens is 713 g/mol. The van der Waals surface area contributed by atoms with Gasteiger partial charge in [-0.25, -0.2) is 4.99 Å². The van der Waals surface area contributed by atoms with Crippen molar-refractivity contribution < 1.29 is 0 Å². The lowest BCUT2D eigenvalue weighted by molar-refractivity contribution is 0.767. The lowest BCUT2D eigenvalue weighted by Crippen LogP contribution is -2.32. The highest BCUT2D eigenvalue weighted by molar-refractivity contribution is 8.03. The molecule has 1 N–H and O–H groups in total. The van der Waals surface area contributed by atoms with Gasteiger partial charge in [-0.15, -0.1) is 0 Å². The van der Waals surface area contributed by atoms with Crippen LogP contribution in [0.4, 0.5) is 0 Å². The molecule has 2 aromatic heterocycles. The zero-order chi connectivity index (χ0) is 37.5. The van der Waals surface area contributed by atoms with Gasteiger partial charge in [-0.2, -0.15) is 0 Å². The molecule has 12 rings (SSSR count). The van der Waals surface area contributed by atoms with Crippen molar-refractivity contribution in [2.75, 3.05) is 0 Å². The molecule has 10 aromatic rings. The average Bonchev–Trinajstić information content (AvgIpc) is 3.94. The summed E-state index contributed by atoms with van der Waals surface area (Å²) in [6, 6.07) is 70.2. The molecule has 5 heteroatoms. The number of hydrogen-bond acceptors (Lipinski definition) is 3. The number of aliphatic imine (C=N–C) groups is 1. The van der Waals surface area contributed by atoms with Gasteiger partial charge in [0, 0.05) is 53.8 Å². The van der Waals surface area contributed by atoms with E-state index >= 15 is 0 Å². The predicted molar refractivity (Wildman–Crippen MR) is 239 cm³/mol. The van der Waals surface area contributed by atoms with Crippen molar-refractivity contribution in [1.29, 1.82) is 0 Å². The fourth-order valence-corrected chi connectivity index (χ4v) is 10.3. The topological polar surface area (TPSA) is 34.2 Å². The summed E-state index contributed by atoms with van der Waals surface area (Å²) < 4.78 is 4.82. The van der Waals surface area contributed by atoms with Crippen molar-refractivity contribution in [3.05, 3.63) is 216 Å². The van der Waals surface area contributed by atoms with E-state index in [2.05, 4.69) is 209 Å². The number of nitrogens with zero attached hydrogens (tertiary/aromatic N) is 3. The Balaban J connectivity index is 1.07. The van der Waals surface area contributed by atoms with E-state index in [1.165, 1.54) is 64.5 Å². The SMILES string of the molecule is c1ccc(C2=C3Sc4ccccc4C3NC(c3cccc(-c4cccc5c4c4cc(-n6c7ccccc7c7ccccc76)ccc4n5-c4ccccc4)c3)=N2)cc1. The number of hydrogen-bond donors (Lipinski definition) is 1. The minimum atomic E-state index is 0.0455. The monoisotopic (exact) mass is 746 g/mol. The summed E-state index contributed by atoms with van der Waals surface area (Å²) in [6.07, 6.45) is 0. The van der Waals surface area contributed by atoms with Gasteiger partial charge >= 0.3 is 0 Å². The van der Waals surface area contributed by atoms with Crippen molar-refractivity contribution >= 4 is 66.9 Å². The molecule has 0 fully saturated rings. The van der Waals surface area contributed by atoms with Crippen LogP contribution in [0, 0.1) is 0 Å². The average molecular weight is 747 g/mol. The van der Waals surface area contributed by atoms with Crippen molar-refractivity contribution in [3.63, 3.8) is 0 Å². The first-order chi connectivity index (χ1) is 28.3. The van der Waals surface area contributed by atoms with Crippen molar-refractivity contribution in [2.24, 2.45) is 4.99 Å². The molecule has 0 saturated heterocycles. The smallest absolute Gasteiger partial charge is 0.134 e. The summed E-state index contributed by atoms with van der Waals surface area (Å²) in [7, 11) is 0. The number of para-hydroxylation sites is 3. The number of rotatable bonds is 5. The highest BCUT2D eigenvalue weighted by atomic mass is 32.2. The van der Waals surface area contributed by atoms with Gasteiger partial charge in [0.15, 0.2) is 0 Å². The van der Waals surface area contributed by atoms with Gasteiger partial charge in [-0.05, 0) is 77.4 Å². The summed E-state index contributed by atoms with van der Waals surface area (Å²) in [5.74, 6) is 0.884. The fraction of sp³-hybridized carbons (Fsp3) is 0.0192. The van der Waals surface area contributed by atoms with Gasteiger partial charge in [-0.3, -0.25) is 0 Å². The Bertz CT molecular complexity index is 3240. The second-order valence-electron chi connectivity index (χ2n) is 14.8. The first-order valence-corrected chi connectivity index (χ1v) is 20.2. The molecule has 0 aliphatic carbocycles. The Morgan fingerprint density at radius 3 is 1.88 bits per heavy atom. The second kappa shape index (κ2) is 12.7. The van der Waals surface area contributed by atoms with Crippen LogP contribution in [0.15, 0.2) is 209 Å². The van der Waals surface area contributed by atoms with E-state index in [1.54, 1.807) is 0 Å². The van der Waals surface area contributed by atoms with Gasteiger partial charge in [0.05, 0.1) is 33.8 Å². The van der Waals surface area contributed by atoms with Crippen molar-refractivity contribution in [3.8, 4) is 22.5 Å². The third-order valence-electron chi connectivity index (χ3n) is 11.6. The van der Waals surface area contributed by atoms with Gasteiger partial charge in [-0.1, -0.05) is 145 Å². The molecule has 4 nitrogen and oxygen atoms in total. The first-order valence-electron chi connectivity index (χ1n) is 19.4. The van der Waals surface area contributed by atoms with E-state index in [-0.39, 0.29) is 6.04 Å². The van der Waals surface area contributed by atoms with E-state index in [1.807, 2.05) is 11.8 Å². The molecule has 268 valence electrons. The lowest BCUT2D eigenvalue weighted by Gasteiger charge is -2.25. The van der Waals surface area contributed by atoms with Crippen molar-refractivity contribution in [2.45, 2.75) is 10.9 Å². The molecule has 1 atom stereocenters. The Kier molecular flexibility index (Phi) is 7.19. The molecule has 4 heterocycles. The maximum atomic E-state index is 5.39. The van der Waals surface area contributed by atoms with E-state index in [0.29, 0.717) is 0 Å². The Morgan fingerprint density at radius 1 is 0.456 bits per heavy atom. The van der Waals surface area contributed by atoms with Crippen LogP contribution in [0.5, 0.6) is 0 Å². The predicted octanol–water partition coefficient (Wildman–Crippen LogP) is 13.1. The maximum absolute atomic E-state index is 5.39. The number of nitrogens with one attached hydrogen (secondary N) is 1. The third kappa shape index (κ3) is 4.99. The Labute approximate surface area is 334 Å². The summed E-state index contributed by atoms with van der Waals surface area (Å²) in [5.41, 5.74) is 13.9. The van der Waals surface area contributed by atoms with Crippen molar-refractivity contribution in [1.82, 2.24) is 14.5 Å². The van der Waals surface area contributed by atoms with Gasteiger partial charge < -0.3 is 14.5 Å². The standard InChI is InChI=1S/C52H34N4S/c1-3-15-33(16-4-1)49-51-50(41-23-9-12-28-47(41)57-51)54-52(53-49)35-18-13-17-34(31-35)38-24-14-27-46-48(38)42-32-37(29-30-45(42)55(46)36-19-5-2-6-20-36)56-43-25-10-7-21-39(43)40-22-8-11-26-44(40)56/h1-32,50H,(H,53,54). The molecule has 8 aromatic carbocycles. The lowest BCUT2D eigenvalue weighted by atomic mass is 9.96. The molecule has 0 radical (unpaired) electrons. The molecule has 0 spiro atoms. The summed E-state index contributed by atoms with van der Waals surface area (Å²) in [4.78, 5) is 7.92. The van der Waals surface area contributed by atoms with E-state index in [4.69, 9.17) is 4.99 Å². The molecule has 0 saturated carbocycles. The third-order valence-corrected chi connectivity index (χ3v) is 12.8. The normalized spacial score (nSPS) is 14.9. The maximum Gasteiger partial charge on any atom is 0.134 e. The number of fused-ring (bicyclic) bond motifs is 9. The van der Waals surface area contributed by atoms with Crippen LogP contribution < -0.4 is 5.32 Å². The second-order valence-corrected chi connectivity index (χ2v) is 15.9. The number of aromatic nitrogens is 2.